The van der Waals surface area contributed by atoms with E-state index in [1.807, 2.05) is 35.9 Å². The summed E-state index contributed by atoms with van der Waals surface area (Å²) in [4.78, 5) is 16.5. The summed E-state index contributed by atoms with van der Waals surface area (Å²) in [5.41, 5.74) is 1.58. The van der Waals surface area contributed by atoms with Crippen LogP contribution in [0.2, 0.25) is 0 Å². The average Bonchev–Trinajstić information content (AvgIpc) is 3.08. The quantitative estimate of drug-likeness (QED) is 0.863. The van der Waals surface area contributed by atoms with E-state index in [0.29, 0.717) is 18.7 Å². The first-order valence-corrected chi connectivity index (χ1v) is 7.71. The molecule has 21 heavy (non-hydrogen) atoms. The van der Waals surface area contributed by atoms with Gasteiger partial charge in [0.15, 0.2) is 0 Å². The molecule has 0 amide bonds. The van der Waals surface area contributed by atoms with Crippen molar-refractivity contribution < 1.29 is 9.53 Å². The number of esters is 1. The predicted octanol–water partition coefficient (Wildman–Crippen LogP) is 2.58. The summed E-state index contributed by atoms with van der Waals surface area (Å²) in [6.07, 6.45) is 1.84. The van der Waals surface area contributed by atoms with Crippen LogP contribution in [0.15, 0.2) is 33.9 Å². The van der Waals surface area contributed by atoms with Crippen LogP contribution in [0.1, 0.15) is 17.3 Å². The summed E-state index contributed by atoms with van der Waals surface area (Å²) in [5.74, 6) is 0.659. The van der Waals surface area contributed by atoms with E-state index in [2.05, 4.69) is 26.2 Å². The molecule has 1 aromatic heterocycles. The molecule has 0 fully saturated rings. The molecule has 0 spiro atoms. The van der Waals surface area contributed by atoms with Gasteiger partial charge in [-0.1, -0.05) is 22.0 Å². The van der Waals surface area contributed by atoms with Gasteiger partial charge in [0.2, 0.25) is 0 Å². The monoisotopic (exact) mass is 349 g/mol. The van der Waals surface area contributed by atoms with E-state index in [1.165, 1.54) is 0 Å². The highest BCUT2D eigenvalue weighted by Crippen LogP contribution is 2.26. The second kappa shape index (κ2) is 5.89. The highest BCUT2D eigenvalue weighted by Gasteiger charge is 2.17. The third kappa shape index (κ3) is 2.81. The number of amidine groups is 1. The number of carbonyl (C=O) groups excluding carboxylic acids is 1. The molecule has 1 aromatic carbocycles. The fraction of sp³-hybridized carbons (Fsp3) is 0.333. The largest absolute Gasteiger partial charge is 0.462 e. The van der Waals surface area contributed by atoms with E-state index in [1.54, 1.807) is 0 Å². The lowest BCUT2D eigenvalue weighted by molar-refractivity contribution is 0.0528. The minimum atomic E-state index is -0.287. The topological polar surface area (TPSA) is 55.6 Å². The van der Waals surface area contributed by atoms with E-state index >= 15 is 0 Å². The van der Waals surface area contributed by atoms with Gasteiger partial charge in [0.25, 0.3) is 0 Å². The first-order chi connectivity index (χ1) is 10.2. The Labute approximate surface area is 131 Å². The first-order valence-electron chi connectivity index (χ1n) is 6.91. The molecule has 0 saturated heterocycles. The fourth-order valence-electron chi connectivity index (χ4n) is 2.48. The van der Waals surface area contributed by atoms with Gasteiger partial charge in [0.1, 0.15) is 5.84 Å². The Morgan fingerprint density at radius 1 is 1.52 bits per heavy atom. The second-order valence-corrected chi connectivity index (χ2v) is 5.72. The molecule has 0 bridgehead atoms. The van der Waals surface area contributed by atoms with Gasteiger partial charge in [-0.3, -0.25) is 4.99 Å². The Morgan fingerprint density at radius 3 is 3.10 bits per heavy atom. The van der Waals surface area contributed by atoms with Gasteiger partial charge >= 0.3 is 5.97 Å². The zero-order valence-corrected chi connectivity index (χ0v) is 13.3. The summed E-state index contributed by atoms with van der Waals surface area (Å²) in [6, 6.07) is 5.88. The summed E-state index contributed by atoms with van der Waals surface area (Å²) < 4.78 is 8.15. The normalized spacial score (nSPS) is 14.1. The Morgan fingerprint density at radius 2 is 2.38 bits per heavy atom. The molecule has 0 atom stereocenters. The number of rotatable bonds is 4. The molecule has 1 N–H and O–H groups in total. The van der Waals surface area contributed by atoms with Crippen molar-refractivity contribution in [2.45, 2.75) is 13.5 Å². The fourth-order valence-corrected chi connectivity index (χ4v) is 2.83. The third-order valence-electron chi connectivity index (χ3n) is 3.40. The Bertz CT molecular complexity index is 721. The van der Waals surface area contributed by atoms with E-state index < -0.39 is 0 Å². The highest BCUT2D eigenvalue weighted by molar-refractivity contribution is 9.10. The van der Waals surface area contributed by atoms with Crippen LogP contribution in [0.4, 0.5) is 0 Å². The van der Waals surface area contributed by atoms with Crippen LogP contribution >= 0.6 is 15.9 Å². The number of ether oxygens (including phenoxy) is 1. The molecule has 0 saturated carbocycles. The molecule has 2 aromatic rings. The van der Waals surface area contributed by atoms with Crippen molar-refractivity contribution in [3.8, 4) is 0 Å². The zero-order chi connectivity index (χ0) is 14.8. The van der Waals surface area contributed by atoms with E-state index in [4.69, 9.17) is 4.74 Å². The van der Waals surface area contributed by atoms with Crippen LogP contribution in [-0.4, -0.2) is 36.1 Å². The maximum atomic E-state index is 12.1. The van der Waals surface area contributed by atoms with Crippen molar-refractivity contribution in [2.75, 3.05) is 19.7 Å². The number of nitrogens with one attached hydrogen (secondary N) is 1. The smallest absolute Gasteiger partial charge is 0.340 e. The van der Waals surface area contributed by atoms with Gasteiger partial charge in [0, 0.05) is 22.6 Å². The molecule has 6 heteroatoms. The van der Waals surface area contributed by atoms with Crippen molar-refractivity contribution in [1.82, 2.24) is 9.88 Å². The Balaban J connectivity index is 2.05. The number of halogens is 1. The van der Waals surface area contributed by atoms with Crippen LogP contribution < -0.4 is 5.32 Å². The Kier molecular flexibility index (Phi) is 3.96. The molecule has 5 nitrogen and oxygen atoms in total. The summed E-state index contributed by atoms with van der Waals surface area (Å²) in [5, 5.41) is 4.15. The van der Waals surface area contributed by atoms with Crippen molar-refractivity contribution >= 4 is 38.6 Å². The Hall–Kier alpha value is -1.82. The molecule has 0 unspecified atom stereocenters. The van der Waals surface area contributed by atoms with E-state index in [-0.39, 0.29) is 5.97 Å². The average molecular weight is 350 g/mol. The maximum absolute atomic E-state index is 12.1. The molecule has 3 rings (SSSR count). The van der Waals surface area contributed by atoms with Gasteiger partial charge in [-0.2, -0.15) is 0 Å². The summed E-state index contributed by atoms with van der Waals surface area (Å²) in [7, 11) is 0. The van der Waals surface area contributed by atoms with Crippen LogP contribution in [0.5, 0.6) is 0 Å². The standard InChI is InChI=1S/C15H16BrN3O2/c1-2-21-15(20)12-8-19(9-14-17-5-6-18-14)13-7-10(16)3-4-11(12)13/h3-4,7-8H,2,5-6,9H2,1H3,(H,17,18). The van der Waals surface area contributed by atoms with Crippen LogP contribution in [-0.2, 0) is 11.3 Å². The predicted molar refractivity (Wildman–Crippen MR) is 85.9 cm³/mol. The van der Waals surface area contributed by atoms with E-state index in [9.17, 15) is 4.79 Å². The number of benzene rings is 1. The SMILES string of the molecule is CCOC(=O)c1cn(CC2=NCCN2)c2cc(Br)ccc12. The van der Waals surface area contributed by atoms with E-state index in [0.717, 1.165) is 34.3 Å². The van der Waals surface area contributed by atoms with Gasteiger partial charge < -0.3 is 14.6 Å². The van der Waals surface area contributed by atoms with Gasteiger partial charge in [0.05, 0.1) is 30.8 Å². The molecule has 1 aliphatic rings. The molecule has 0 radical (unpaired) electrons. The van der Waals surface area contributed by atoms with Gasteiger partial charge in [-0.25, -0.2) is 4.79 Å². The van der Waals surface area contributed by atoms with Crippen LogP contribution in [0.3, 0.4) is 0 Å². The van der Waals surface area contributed by atoms with Crippen molar-refractivity contribution in [1.29, 1.82) is 0 Å². The number of fused-ring (bicyclic) bond motifs is 1. The third-order valence-corrected chi connectivity index (χ3v) is 3.90. The van der Waals surface area contributed by atoms with Crippen molar-refractivity contribution in [3.63, 3.8) is 0 Å². The van der Waals surface area contributed by atoms with Crippen LogP contribution in [0, 0.1) is 0 Å². The minimum absolute atomic E-state index is 0.287. The lowest BCUT2D eigenvalue weighted by atomic mass is 10.2. The molecular weight excluding hydrogens is 334 g/mol. The van der Waals surface area contributed by atoms with Crippen molar-refractivity contribution in [3.05, 3.63) is 34.4 Å². The molecule has 0 aliphatic carbocycles. The lowest BCUT2D eigenvalue weighted by Crippen LogP contribution is -2.23. The second-order valence-electron chi connectivity index (χ2n) is 4.81. The van der Waals surface area contributed by atoms with Gasteiger partial charge in [-0.05, 0) is 19.1 Å². The molecular formula is C15H16BrN3O2. The molecule has 1 aliphatic heterocycles. The highest BCUT2D eigenvalue weighted by atomic mass is 79.9. The number of hydrogen-bond acceptors (Lipinski definition) is 4. The number of aromatic nitrogens is 1. The van der Waals surface area contributed by atoms with Crippen LogP contribution in [0.25, 0.3) is 10.9 Å². The van der Waals surface area contributed by atoms with Crippen molar-refractivity contribution in [2.24, 2.45) is 4.99 Å². The number of carbonyl (C=O) groups is 1. The minimum Gasteiger partial charge on any atom is -0.462 e. The lowest BCUT2D eigenvalue weighted by Gasteiger charge is -2.06. The summed E-state index contributed by atoms with van der Waals surface area (Å²) >= 11 is 3.48. The summed E-state index contributed by atoms with van der Waals surface area (Å²) in [6.45, 7) is 4.50. The number of nitrogens with zero attached hydrogens (tertiary/aromatic N) is 2. The molecule has 2 heterocycles. The number of aliphatic imine (C=N–C) groups is 1. The zero-order valence-electron chi connectivity index (χ0n) is 11.7. The molecule has 110 valence electrons. The number of hydrogen-bond donors (Lipinski definition) is 1. The van der Waals surface area contributed by atoms with Gasteiger partial charge in [-0.15, -0.1) is 0 Å². The maximum Gasteiger partial charge on any atom is 0.340 e. The first kappa shape index (κ1) is 14.1.